The average Bonchev–Trinajstić information content (AvgIpc) is 3.52. The molecule has 5 rings (SSSR count). The highest BCUT2D eigenvalue weighted by molar-refractivity contribution is 5.99. The molecule has 0 aliphatic carbocycles. The van der Waals surface area contributed by atoms with E-state index >= 15 is 0 Å². The molecule has 4 N–H and O–H groups in total. The number of ether oxygens (including phenoxy) is 2. The Kier molecular flexibility index (Phi) is 11.3. The van der Waals surface area contributed by atoms with Gasteiger partial charge >= 0.3 is 0 Å². The number of hydrogen-bond donors (Lipinski definition) is 4. The summed E-state index contributed by atoms with van der Waals surface area (Å²) in [4.78, 5) is 72.3. The van der Waals surface area contributed by atoms with Crippen LogP contribution in [-0.2, 0) is 25.6 Å². The third-order valence-electron chi connectivity index (χ3n) is 7.77. The first-order chi connectivity index (χ1) is 21.5. The highest BCUT2D eigenvalue weighted by atomic mass is 16.5. The Morgan fingerprint density at radius 2 is 1.84 bits per heavy atom. The van der Waals surface area contributed by atoms with Crippen molar-refractivity contribution in [1.29, 1.82) is 0 Å². The van der Waals surface area contributed by atoms with E-state index in [1.807, 2.05) is 13.8 Å². The smallest absolute Gasteiger partial charge is 0.252 e. The number of methoxy groups -OCH3 is 1. The summed E-state index contributed by atoms with van der Waals surface area (Å²) < 4.78 is 10.9. The van der Waals surface area contributed by atoms with Gasteiger partial charge in [-0.25, -0.2) is 4.98 Å². The van der Waals surface area contributed by atoms with Gasteiger partial charge in [0.15, 0.2) is 0 Å². The highest BCUT2D eigenvalue weighted by Gasteiger charge is 2.38. The molecule has 4 atom stereocenters. The quantitative estimate of drug-likeness (QED) is 0.383. The summed E-state index contributed by atoms with van der Waals surface area (Å²) in [6, 6.07) is 6.40. The van der Waals surface area contributed by atoms with E-state index in [1.165, 1.54) is 37.3 Å². The number of amides is 5. The summed E-state index contributed by atoms with van der Waals surface area (Å²) in [5, 5.41) is 11.1. The molecule has 5 amide bonds. The second kappa shape index (κ2) is 15.4. The normalized spacial score (nSPS) is 23.4. The highest BCUT2D eigenvalue weighted by Crippen LogP contribution is 2.21. The molecular formula is C32H42N6O7. The van der Waals surface area contributed by atoms with Crippen molar-refractivity contribution in [3.63, 3.8) is 0 Å². The number of fused-ring (bicyclic) bond motifs is 14. The maximum atomic E-state index is 13.7. The molecule has 3 aliphatic rings. The largest absolute Gasteiger partial charge is 0.492 e. The predicted octanol–water partition coefficient (Wildman–Crippen LogP) is 0.967. The molecule has 1 aromatic heterocycles. The molecule has 2 aromatic rings. The molecule has 242 valence electrons. The van der Waals surface area contributed by atoms with E-state index in [1.54, 1.807) is 24.3 Å². The molecule has 1 saturated heterocycles. The van der Waals surface area contributed by atoms with Gasteiger partial charge in [-0.1, -0.05) is 26.0 Å². The minimum Gasteiger partial charge on any atom is -0.492 e. The lowest BCUT2D eigenvalue weighted by Gasteiger charge is -2.30. The van der Waals surface area contributed by atoms with Crippen molar-refractivity contribution >= 4 is 29.5 Å². The number of pyridine rings is 1. The van der Waals surface area contributed by atoms with Gasteiger partial charge in [0.1, 0.15) is 36.5 Å². The molecule has 3 aliphatic heterocycles. The van der Waals surface area contributed by atoms with E-state index in [0.29, 0.717) is 31.6 Å². The van der Waals surface area contributed by atoms with Gasteiger partial charge in [-0.3, -0.25) is 24.0 Å². The topological polar surface area (TPSA) is 168 Å². The first-order valence-corrected chi connectivity index (χ1v) is 15.3. The lowest BCUT2D eigenvalue weighted by atomic mass is 10.0. The van der Waals surface area contributed by atoms with E-state index in [2.05, 4.69) is 26.3 Å². The maximum absolute atomic E-state index is 13.7. The van der Waals surface area contributed by atoms with Gasteiger partial charge in [-0.05, 0) is 55.9 Å². The van der Waals surface area contributed by atoms with Gasteiger partial charge in [-0.15, -0.1) is 0 Å². The van der Waals surface area contributed by atoms with Crippen LogP contribution in [0.15, 0.2) is 42.6 Å². The number of carbonyl (C=O) groups is 5. The number of benzene rings is 1. The van der Waals surface area contributed by atoms with Crippen LogP contribution in [0.25, 0.3) is 0 Å². The summed E-state index contributed by atoms with van der Waals surface area (Å²) >= 11 is 0. The first-order valence-electron chi connectivity index (χ1n) is 15.3. The van der Waals surface area contributed by atoms with Gasteiger partial charge in [0, 0.05) is 30.8 Å². The molecular weight excluding hydrogens is 580 g/mol. The Hall–Kier alpha value is -4.68. The van der Waals surface area contributed by atoms with Crippen molar-refractivity contribution < 1.29 is 33.4 Å². The van der Waals surface area contributed by atoms with Crippen LogP contribution in [0.3, 0.4) is 0 Å². The second-order valence-corrected chi connectivity index (χ2v) is 11.7. The lowest BCUT2D eigenvalue weighted by Crippen LogP contribution is -2.58. The Labute approximate surface area is 262 Å². The summed E-state index contributed by atoms with van der Waals surface area (Å²) in [6.07, 6.45) is 3.09. The van der Waals surface area contributed by atoms with Gasteiger partial charge in [0.2, 0.25) is 29.5 Å². The molecule has 0 unspecified atom stereocenters. The van der Waals surface area contributed by atoms with Crippen LogP contribution in [0.2, 0.25) is 0 Å². The zero-order valence-corrected chi connectivity index (χ0v) is 26.1. The zero-order valence-electron chi connectivity index (χ0n) is 26.1. The van der Waals surface area contributed by atoms with Crippen molar-refractivity contribution in [1.82, 2.24) is 31.2 Å². The monoisotopic (exact) mass is 622 g/mol. The van der Waals surface area contributed by atoms with Crippen molar-refractivity contribution in [2.24, 2.45) is 5.92 Å². The summed E-state index contributed by atoms with van der Waals surface area (Å²) in [5.41, 5.74) is 0.983. The van der Waals surface area contributed by atoms with Crippen LogP contribution in [0, 0.1) is 5.92 Å². The van der Waals surface area contributed by atoms with Gasteiger partial charge < -0.3 is 35.6 Å². The fourth-order valence-electron chi connectivity index (χ4n) is 5.40. The second-order valence-electron chi connectivity index (χ2n) is 11.7. The lowest BCUT2D eigenvalue weighted by molar-refractivity contribution is -0.142. The minimum absolute atomic E-state index is 0.0687. The third kappa shape index (κ3) is 8.93. The van der Waals surface area contributed by atoms with Crippen molar-refractivity contribution in [3.05, 3.63) is 53.7 Å². The van der Waals surface area contributed by atoms with E-state index in [-0.39, 0.29) is 48.7 Å². The third-order valence-corrected chi connectivity index (χ3v) is 7.77. The predicted molar refractivity (Wildman–Crippen MR) is 164 cm³/mol. The van der Waals surface area contributed by atoms with Gasteiger partial charge in [0.25, 0.3) is 5.91 Å². The van der Waals surface area contributed by atoms with Crippen LogP contribution in [0.1, 0.15) is 56.0 Å². The number of nitrogens with zero attached hydrogens (tertiary/aromatic N) is 2. The van der Waals surface area contributed by atoms with Crippen LogP contribution in [0.5, 0.6) is 11.6 Å². The van der Waals surface area contributed by atoms with E-state index in [4.69, 9.17) is 9.47 Å². The van der Waals surface area contributed by atoms with E-state index in [9.17, 15) is 24.0 Å². The summed E-state index contributed by atoms with van der Waals surface area (Å²) in [5.74, 6) is -1.37. The van der Waals surface area contributed by atoms with Crippen molar-refractivity contribution in [2.45, 2.75) is 70.6 Å². The Morgan fingerprint density at radius 3 is 2.56 bits per heavy atom. The van der Waals surface area contributed by atoms with E-state index in [0.717, 1.165) is 5.56 Å². The standard InChI is InChI=1S/C32H42N6O7/c1-19(2)16-25-32(43)38-14-5-6-26(38)31(42)34-13-15-45-23-9-7-21(8-10-23)17-24(30(41)35-20(3)28(39)37-25)36-29(40)22-11-12-33-27(18-22)44-4/h7-12,18-20,24-26H,5-6,13-17H2,1-4H3,(H,34,42)(H,35,41)(H,36,40)(H,37,39)/t20-,24+,25+,26-/m1/s1. The molecule has 2 bridgehead atoms. The number of carbonyl (C=O) groups excluding carboxylic acids is 5. The van der Waals surface area contributed by atoms with Crippen LogP contribution >= 0.6 is 0 Å². The molecule has 1 aromatic carbocycles. The molecule has 0 radical (unpaired) electrons. The molecule has 4 heterocycles. The fourth-order valence-corrected chi connectivity index (χ4v) is 5.40. The summed E-state index contributed by atoms with van der Waals surface area (Å²) in [6.45, 7) is 6.26. The van der Waals surface area contributed by atoms with Gasteiger partial charge in [-0.2, -0.15) is 0 Å². The first kappa shape index (κ1) is 33.2. The Bertz CT molecular complexity index is 1380. The maximum Gasteiger partial charge on any atom is 0.252 e. The van der Waals surface area contributed by atoms with Gasteiger partial charge in [0.05, 0.1) is 13.7 Å². The number of aromatic nitrogens is 1. The van der Waals surface area contributed by atoms with Crippen molar-refractivity contribution in [2.75, 3.05) is 26.8 Å². The van der Waals surface area contributed by atoms with Crippen LogP contribution < -0.4 is 30.7 Å². The number of hydrogen-bond acceptors (Lipinski definition) is 8. The van der Waals surface area contributed by atoms with Crippen LogP contribution in [0.4, 0.5) is 0 Å². The number of rotatable bonds is 5. The molecule has 0 spiro atoms. The molecule has 45 heavy (non-hydrogen) atoms. The minimum atomic E-state index is -1.04. The number of nitrogens with one attached hydrogen (secondary N) is 4. The van der Waals surface area contributed by atoms with Crippen LogP contribution in [-0.4, -0.2) is 90.4 Å². The average molecular weight is 623 g/mol. The Morgan fingerprint density at radius 1 is 1.09 bits per heavy atom. The SMILES string of the molecule is COc1cc(C(=O)N[C@H]2Cc3ccc(cc3)OCCNC(=O)[C@H]3CCCN3C(=O)[C@H](CC(C)C)NC(=O)[C@@H](C)NC2=O)ccn1. The Balaban J connectivity index is 1.59. The fraction of sp³-hybridized carbons (Fsp3) is 0.500. The van der Waals surface area contributed by atoms with Crippen molar-refractivity contribution in [3.8, 4) is 11.6 Å². The molecule has 13 nitrogen and oxygen atoms in total. The molecule has 0 saturated carbocycles. The summed E-state index contributed by atoms with van der Waals surface area (Å²) in [7, 11) is 1.44. The molecule has 13 heteroatoms. The molecule has 1 fully saturated rings. The zero-order chi connectivity index (χ0) is 32.5. The van der Waals surface area contributed by atoms with E-state index < -0.39 is 41.9 Å².